The van der Waals surface area contributed by atoms with Crippen LogP contribution in [0.3, 0.4) is 0 Å². The number of amides is 1. The molecule has 0 aliphatic carbocycles. The van der Waals surface area contributed by atoms with Crippen molar-refractivity contribution in [3.8, 4) is 11.5 Å². The second kappa shape index (κ2) is 6.45. The number of hydrogen-bond acceptors (Lipinski definition) is 4. The number of aromatic amines is 1. The van der Waals surface area contributed by atoms with E-state index in [4.69, 9.17) is 4.74 Å². The van der Waals surface area contributed by atoms with Crippen LogP contribution in [-0.2, 0) is 0 Å². The van der Waals surface area contributed by atoms with E-state index in [0.29, 0.717) is 28.9 Å². The average Bonchev–Trinajstić information content (AvgIpc) is 2.57. The Kier molecular flexibility index (Phi) is 4.20. The van der Waals surface area contributed by atoms with Gasteiger partial charge in [-0.15, -0.1) is 0 Å². The fraction of sp³-hybridized carbons (Fsp3) is 0.111. The maximum absolute atomic E-state index is 12.4. The first-order chi connectivity index (χ1) is 11.6. The summed E-state index contributed by atoms with van der Waals surface area (Å²) in [6.07, 6.45) is 0. The number of hydrogen-bond donors (Lipinski definition) is 3. The summed E-state index contributed by atoms with van der Waals surface area (Å²) in [4.78, 5) is 27.1. The summed E-state index contributed by atoms with van der Waals surface area (Å²) in [7, 11) is 0. The molecule has 0 radical (unpaired) electrons. The number of ether oxygens (including phenoxy) is 1. The molecule has 3 aromatic rings. The third kappa shape index (κ3) is 2.94. The van der Waals surface area contributed by atoms with Crippen molar-refractivity contribution in [3.63, 3.8) is 0 Å². The Morgan fingerprint density at radius 1 is 1.17 bits per heavy atom. The summed E-state index contributed by atoms with van der Waals surface area (Å²) in [5.41, 5.74) is 0.00486. The quantitative estimate of drug-likeness (QED) is 0.688. The zero-order chi connectivity index (χ0) is 17.1. The lowest BCUT2D eigenvalue weighted by Gasteiger charge is -2.09. The molecule has 6 heteroatoms. The number of fused-ring (bicyclic) bond motifs is 1. The fourth-order valence-electron chi connectivity index (χ4n) is 2.43. The first-order valence-corrected chi connectivity index (χ1v) is 7.48. The van der Waals surface area contributed by atoms with Crippen LogP contribution in [0.15, 0.2) is 53.3 Å². The van der Waals surface area contributed by atoms with E-state index in [-0.39, 0.29) is 11.3 Å². The Morgan fingerprint density at radius 3 is 2.58 bits per heavy atom. The molecule has 6 nitrogen and oxygen atoms in total. The van der Waals surface area contributed by atoms with Crippen molar-refractivity contribution in [2.24, 2.45) is 0 Å². The summed E-state index contributed by atoms with van der Waals surface area (Å²) < 4.78 is 5.33. The lowest BCUT2D eigenvalue weighted by atomic mass is 10.1. The van der Waals surface area contributed by atoms with Crippen molar-refractivity contribution in [1.29, 1.82) is 0 Å². The number of aromatic nitrogens is 1. The summed E-state index contributed by atoms with van der Waals surface area (Å²) in [6, 6.07) is 13.5. The smallest absolute Gasteiger partial charge is 0.265 e. The molecule has 0 aliphatic heterocycles. The van der Waals surface area contributed by atoms with Crippen LogP contribution in [0.2, 0.25) is 0 Å². The Morgan fingerprint density at radius 2 is 1.88 bits per heavy atom. The molecule has 0 atom stereocenters. The minimum atomic E-state index is -0.677. The highest BCUT2D eigenvalue weighted by Crippen LogP contribution is 2.25. The Bertz CT molecular complexity index is 945. The predicted octanol–water partition coefficient (Wildman–Crippen LogP) is 2.88. The van der Waals surface area contributed by atoms with Gasteiger partial charge in [0.25, 0.3) is 11.5 Å². The molecule has 1 aromatic heterocycles. The monoisotopic (exact) mass is 324 g/mol. The molecule has 0 spiro atoms. The van der Waals surface area contributed by atoms with Crippen LogP contribution in [0.1, 0.15) is 17.3 Å². The van der Waals surface area contributed by atoms with E-state index < -0.39 is 11.5 Å². The van der Waals surface area contributed by atoms with Crippen molar-refractivity contribution >= 4 is 22.5 Å². The molecule has 0 fully saturated rings. The maximum atomic E-state index is 12.4. The molecule has 122 valence electrons. The molecule has 0 unspecified atom stereocenters. The van der Waals surface area contributed by atoms with Crippen LogP contribution >= 0.6 is 0 Å². The number of pyridine rings is 1. The van der Waals surface area contributed by atoms with Crippen LogP contribution < -0.4 is 15.6 Å². The molecule has 1 amide bonds. The minimum absolute atomic E-state index is 0.317. The minimum Gasteiger partial charge on any atom is -0.506 e. The first kappa shape index (κ1) is 15.6. The van der Waals surface area contributed by atoms with Crippen molar-refractivity contribution in [2.75, 3.05) is 11.9 Å². The standard InChI is InChI=1S/C18H16N2O4/c1-2-24-12-9-7-11(8-10-12)19-17(22)15-16(21)13-5-3-4-6-14(13)20-18(15)23/h3-10H,2H2,1H3,(H,19,22)(H2,20,21,23). The Balaban J connectivity index is 1.92. The highest BCUT2D eigenvalue weighted by atomic mass is 16.5. The van der Waals surface area contributed by atoms with Crippen molar-refractivity contribution in [1.82, 2.24) is 4.98 Å². The number of rotatable bonds is 4. The number of aromatic hydroxyl groups is 1. The topological polar surface area (TPSA) is 91.4 Å². The normalized spacial score (nSPS) is 10.5. The van der Waals surface area contributed by atoms with Gasteiger partial charge in [-0.1, -0.05) is 12.1 Å². The number of carbonyl (C=O) groups is 1. The van der Waals surface area contributed by atoms with Crippen LogP contribution in [0.25, 0.3) is 10.9 Å². The van der Waals surface area contributed by atoms with Crippen molar-refractivity contribution in [3.05, 3.63) is 64.4 Å². The number of benzene rings is 2. The Labute approximate surface area is 137 Å². The van der Waals surface area contributed by atoms with E-state index in [2.05, 4.69) is 10.3 Å². The Hall–Kier alpha value is -3.28. The van der Waals surface area contributed by atoms with Gasteiger partial charge in [-0.3, -0.25) is 9.59 Å². The van der Waals surface area contributed by atoms with Gasteiger partial charge in [-0.05, 0) is 43.3 Å². The van der Waals surface area contributed by atoms with E-state index in [1.54, 1.807) is 48.5 Å². The second-order valence-corrected chi connectivity index (χ2v) is 5.13. The van der Waals surface area contributed by atoms with Crippen molar-refractivity contribution < 1.29 is 14.6 Å². The third-order valence-corrected chi connectivity index (χ3v) is 3.54. The lowest BCUT2D eigenvalue weighted by Crippen LogP contribution is -2.23. The lowest BCUT2D eigenvalue weighted by molar-refractivity contribution is 0.102. The van der Waals surface area contributed by atoms with Gasteiger partial charge in [0.05, 0.1) is 12.1 Å². The van der Waals surface area contributed by atoms with Gasteiger partial charge >= 0.3 is 0 Å². The zero-order valence-corrected chi connectivity index (χ0v) is 13.0. The van der Waals surface area contributed by atoms with E-state index >= 15 is 0 Å². The molecule has 0 bridgehead atoms. The molecular weight excluding hydrogens is 308 g/mol. The molecule has 0 saturated carbocycles. The molecule has 0 saturated heterocycles. The van der Waals surface area contributed by atoms with E-state index in [1.165, 1.54) is 0 Å². The second-order valence-electron chi connectivity index (χ2n) is 5.13. The average molecular weight is 324 g/mol. The summed E-state index contributed by atoms with van der Waals surface area (Å²) >= 11 is 0. The van der Waals surface area contributed by atoms with Crippen LogP contribution in [0.5, 0.6) is 11.5 Å². The summed E-state index contributed by atoms with van der Waals surface area (Å²) in [5, 5.41) is 13.3. The fourth-order valence-corrected chi connectivity index (χ4v) is 2.43. The van der Waals surface area contributed by atoms with Gasteiger partial charge in [0.2, 0.25) is 0 Å². The van der Waals surface area contributed by atoms with Gasteiger partial charge in [0.15, 0.2) is 0 Å². The molecule has 3 N–H and O–H groups in total. The zero-order valence-electron chi connectivity index (χ0n) is 13.0. The highest BCUT2D eigenvalue weighted by Gasteiger charge is 2.19. The highest BCUT2D eigenvalue weighted by molar-refractivity contribution is 6.08. The van der Waals surface area contributed by atoms with Gasteiger partial charge in [-0.25, -0.2) is 0 Å². The molecule has 24 heavy (non-hydrogen) atoms. The van der Waals surface area contributed by atoms with Crippen molar-refractivity contribution in [2.45, 2.75) is 6.92 Å². The van der Waals surface area contributed by atoms with Gasteiger partial charge in [-0.2, -0.15) is 0 Å². The van der Waals surface area contributed by atoms with Gasteiger partial charge < -0.3 is 20.1 Å². The van der Waals surface area contributed by atoms with Gasteiger partial charge in [0, 0.05) is 11.1 Å². The predicted molar refractivity (Wildman–Crippen MR) is 91.8 cm³/mol. The molecule has 3 rings (SSSR count). The first-order valence-electron chi connectivity index (χ1n) is 7.48. The van der Waals surface area contributed by atoms with Crippen LogP contribution in [0, 0.1) is 0 Å². The van der Waals surface area contributed by atoms with Crippen LogP contribution in [-0.4, -0.2) is 22.6 Å². The number of anilines is 1. The van der Waals surface area contributed by atoms with E-state index in [9.17, 15) is 14.7 Å². The number of nitrogens with one attached hydrogen (secondary N) is 2. The SMILES string of the molecule is CCOc1ccc(NC(=O)c2c(O)c3ccccc3[nH]c2=O)cc1. The summed E-state index contributed by atoms with van der Waals surface area (Å²) in [6.45, 7) is 2.43. The maximum Gasteiger partial charge on any atom is 0.265 e. The largest absolute Gasteiger partial charge is 0.506 e. The number of carbonyl (C=O) groups excluding carboxylic acids is 1. The molecule has 0 aliphatic rings. The van der Waals surface area contributed by atoms with Gasteiger partial charge in [0.1, 0.15) is 17.1 Å². The van der Waals surface area contributed by atoms with E-state index in [0.717, 1.165) is 0 Å². The van der Waals surface area contributed by atoms with E-state index in [1.807, 2.05) is 6.92 Å². The molecule has 1 heterocycles. The molecule has 2 aromatic carbocycles. The third-order valence-electron chi connectivity index (χ3n) is 3.54. The molecular formula is C18H16N2O4. The van der Waals surface area contributed by atoms with Crippen LogP contribution in [0.4, 0.5) is 5.69 Å². The summed E-state index contributed by atoms with van der Waals surface area (Å²) in [5.74, 6) is -0.330. The number of para-hydroxylation sites is 1. The number of H-pyrrole nitrogens is 1.